The van der Waals surface area contributed by atoms with Crippen molar-refractivity contribution in [3.8, 4) is 12.3 Å². The van der Waals surface area contributed by atoms with Gasteiger partial charge in [0.15, 0.2) is 8.32 Å². The van der Waals surface area contributed by atoms with Crippen molar-refractivity contribution in [3.05, 3.63) is 0 Å². The summed E-state index contributed by atoms with van der Waals surface area (Å²) in [5.74, 6) is 3.30. The van der Waals surface area contributed by atoms with Crippen molar-refractivity contribution in [3.63, 3.8) is 0 Å². The summed E-state index contributed by atoms with van der Waals surface area (Å²) in [7, 11) is 1.55. The molecule has 0 fully saturated rings. The van der Waals surface area contributed by atoms with Crippen LogP contribution in [-0.4, -0.2) is 48.1 Å². The lowest BCUT2D eigenvalue weighted by Gasteiger charge is -2.38. The summed E-state index contributed by atoms with van der Waals surface area (Å²) in [6, 6.07) is 0. The molecule has 148 valence electrons. The van der Waals surface area contributed by atoms with E-state index in [1.54, 1.807) is 14.2 Å². The third-order valence-corrected chi connectivity index (χ3v) is 9.87. The van der Waals surface area contributed by atoms with Crippen LogP contribution in [0.5, 0.6) is 0 Å². The molecule has 25 heavy (non-hydrogen) atoms. The average molecular weight is 373 g/mol. The summed E-state index contributed by atoms with van der Waals surface area (Å²) in [6.45, 7) is 16.7. The van der Waals surface area contributed by atoms with Crippen LogP contribution in [-0.2, 0) is 18.6 Å². The molecule has 0 aromatic rings. The van der Waals surface area contributed by atoms with Gasteiger partial charge in [-0.2, -0.15) is 0 Å². The molecule has 0 aliphatic heterocycles. The van der Waals surface area contributed by atoms with Crippen molar-refractivity contribution in [2.45, 2.75) is 77.8 Å². The fraction of sp³-hybridized carbons (Fsp3) is 0.900. The van der Waals surface area contributed by atoms with E-state index in [9.17, 15) is 0 Å². The predicted octanol–water partition coefficient (Wildman–Crippen LogP) is 4.70. The van der Waals surface area contributed by atoms with Crippen LogP contribution in [0.4, 0.5) is 0 Å². The second-order valence-corrected chi connectivity index (χ2v) is 13.3. The van der Waals surface area contributed by atoms with Crippen LogP contribution in [0.2, 0.25) is 18.1 Å². The zero-order chi connectivity index (χ0) is 19.7. The Morgan fingerprint density at radius 3 is 2.08 bits per heavy atom. The summed E-state index contributed by atoms with van der Waals surface area (Å²) >= 11 is 0. The van der Waals surface area contributed by atoms with Gasteiger partial charge in [-0.3, -0.25) is 0 Å². The predicted molar refractivity (Wildman–Crippen MR) is 107 cm³/mol. The Bertz CT molecular complexity index is 397. The Balaban J connectivity index is 4.80. The van der Waals surface area contributed by atoms with E-state index in [1.165, 1.54) is 0 Å². The van der Waals surface area contributed by atoms with Gasteiger partial charge >= 0.3 is 0 Å². The molecule has 0 aliphatic carbocycles. The highest BCUT2D eigenvalue weighted by Gasteiger charge is 2.38. The zero-order valence-electron chi connectivity index (χ0n) is 17.8. The van der Waals surface area contributed by atoms with Crippen LogP contribution in [0.1, 0.15) is 47.5 Å². The van der Waals surface area contributed by atoms with E-state index in [2.05, 4.69) is 53.6 Å². The van der Waals surface area contributed by atoms with E-state index in [0.29, 0.717) is 19.3 Å². The number of hydrogen-bond acceptors (Lipinski definition) is 4. The minimum atomic E-state index is -1.76. The molecule has 4 atom stereocenters. The van der Waals surface area contributed by atoms with Crippen molar-refractivity contribution in [1.82, 2.24) is 0 Å². The van der Waals surface area contributed by atoms with E-state index in [4.69, 9.17) is 25.1 Å². The molecule has 0 radical (unpaired) electrons. The molecule has 0 aromatic heterocycles. The first-order valence-electron chi connectivity index (χ1n) is 9.23. The van der Waals surface area contributed by atoms with E-state index < -0.39 is 8.32 Å². The number of hydrogen-bond donors (Lipinski definition) is 0. The van der Waals surface area contributed by atoms with E-state index in [0.717, 1.165) is 12.8 Å². The Labute approximate surface area is 157 Å². The monoisotopic (exact) mass is 372 g/mol. The SMILES string of the molecule is C#C[C@H](CC[C@@H](C)[C@@H](OCOC)[C@H](C)CO[Si](C)(C)C(C)(C)C)OC. The van der Waals surface area contributed by atoms with Gasteiger partial charge in [-0.15, -0.1) is 6.42 Å². The van der Waals surface area contributed by atoms with Crippen molar-refractivity contribution < 1.29 is 18.6 Å². The average Bonchev–Trinajstić information content (AvgIpc) is 2.53. The number of rotatable bonds is 12. The quantitative estimate of drug-likeness (QED) is 0.283. The third-order valence-electron chi connectivity index (χ3n) is 5.37. The second kappa shape index (κ2) is 11.4. The van der Waals surface area contributed by atoms with Crippen LogP contribution >= 0.6 is 0 Å². The van der Waals surface area contributed by atoms with E-state index in [1.807, 2.05) is 0 Å². The van der Waals surface area contributed by atoms with Crippen LogP contribution in [0.3, 0.4) is 0 Å². The topological polar surface area (TPSA) is 36.9 Å². The first kappa shape index (κ1) is 24.6. The van der Waals surface area contributed by atoms with E-state index >= 15 is 0 Å². The Kier molecular flexibility index (Phi) is 11.2. The molecule has 0 saturated carbocycles. The van der Waals surface area contributed by atoms with Crippen molar-refractivity contribution >= 4 is 8.32 Å². The maximum absolute atomic E-state index is 6.40. The van der Waals surface area contributed by atoms with E-state index in [-0.39, 0.29) is 23.2 Å². The molecule has 0 rings (SSSR count). The molecule has 0 N–H and O–H groups in total. The van der Waals surface area contributed by atoms with Gasteiger partial charge in [0.1, 0.15) is 12.9 Å². The van der Waals surface area contributed by atoms with Gasteiger partial charge < -0.3 is 18.6 Å². The van der Waals surface area contributed by atoms with Gasteiger partial charge in [-0.1, -0.05) is 40.5 Å². The third kappa shape index (κ3) is 8.70. The van der Waals surface area contributed by atoms with Crippen LogP contribution in [0.15, 0.2) is 0 Å². The Hall–Kier alpha value is -0.383. The van der Waals surface area contributed by atoms with Crippen LogP contribution in [0.25, 0.3) is 0 Å². The summed E-state index contributed by atoms with van der Waals surface area (Å²) in [4.78, 5) is 0. The fourth-order valence-electron chi connectivity index (χ4n) is 2.53. The summed E-state index contributed by atoms with van der Waals surface area (Å²) in [5, 5.41) is 0.208. The molecular weight excluding hydrogens is 332 g/mol. The lowest BCUT2D eigenvalue weighted by molar-refractivity contribution is -0.114. The van der Waals surface area contributed by atoms with Gasteiger partial charge in [0.05, 0.1) is 6.10 Å². The largest absolute Gasteiger partial charge is 0.416 e. The normalized spacial score (nSPS) is 17.6. The standard InChI is InChI=1S/C20H40O4Si/c1-11-18(22-8)13-12-16(2)19(23-15-21-7)17(3)14-24-25(9,10)20(4,5)6/h1,16-19H,12-15H2,2-10H3/t16-,17-,18-,19-/m1/s1. The highest BCUT2D eigenvalue weighted by molar-refractivity contribution is 6.74. The molecule has 0 heterocycles. The molecule has 5 heteroatoms. The minimum absolute atomic E-state index is 0.0694. The Morgan fingerprint density at radius 2 is 1.64 bits per heavy atom. The lowest BCUT2D eigenvalue weighted by atomic mass is 9.89. The van der Waals surface area contributed by atoms with Gasteiger partial charge in [0.25, 0.3) is 0 Å². The molecule has 0 saturated heterocycles. The van der Waals surface area contributed by atoms with Gasteiger partial charge in [-0.25, -0.2) is 0 Å². The maximum Gasteiger partial charge on any atom is 0.191 e. The fourth-order valence-corrected chi connectivity index (χ4v) is 3.65. The van der Waals surface area contributed by atoms with Gasteiger partial charge in [-0.05, 0) is 36.9 Å². The Morgan fingerprint density at radius 1 is 1.04 bits per heavy atom. The second-order valence-electron chi connectivity index (χ2n) is 8.53. The number of ether oxygens (including phenoxy) is 3. The first-order valence-corrected chi connectivity index (χ1v) is 12.1. The van der Waals surface area contributed by atoms with Crippen molar-refractivity contribution in [2.75, 3.05) is 27.6 Å². The van der Waals surface area contributed by atoms with Crippen molar-refractivity contribution in [2.24, 2.45) is 11.8 Å². The number of methoxy groups -OCH3 is 2. The molecule has 0 aromatic carbocycles. The zero-order valence-corrected chi connectivity index (χ0v) is 18.8. The lowest BCUT2D eigenvalue weighted by Crippen LogP contribution is -2.43. The van der Waals surface area contributed by atoms with Crippen LogP contribution < -0.4 is 0 Å². The van der Waals surface area contributed by atoms with Gasteiger partial charge in [0, 0.05) is 26.7 Å². The minimum Gasteiger partial charge on any atom is -0.416 e. The molecule has 0 unspecified atom stereocenters. The highest BCUT2D eigenvalue weighted by atomic mass is 28.4. The molecule has 0 aliphatic rings. The highest BCUT2D eigenvalue weighted by Crippen LogP contribution is 2.37. The maximum atomic E-state index is 6.40. The first-order chi connectivity index (χ1) is 11.5. The molecule has 0 spiro atoms. The molecule has 0 amide bonds. The smallest absolute Gasteiger partial charge is 0.191 e. The number of terminal acetylenes is 1. The summed E-state index contributed by atoms with van der Waals surface area (Å²) in [5.41, 5.74) is 0. The summed E-state index contributed by atoms with van der Waals surface area (Å²) in [6.07, 6.45) is 7.19. The van der Waals surface area contributed by atoms with Gasteiger partial charge in [0.2, 0.25) is 0 Å². The summed E-state index contributed by atoms with van der Waals surface area (Å²) < 4.78 is 22.8. The molecular formula is C20H40O4Si. The van der Waals surface area contributed by atoms with Crippen molar-refractivity contribution in [1.29, 1.82) is 0 Å². The molecule has 0 bridgehead atoms. The molecule has 4 nitrogen and oxygen atoms in total. The van der Waals surface area contributed by atoms with Crippen LogP contribution in [0, 0.1) is 24.2 Å².